The lowest BCUT2D eigenvalue weighted by atomic mass is 10.1. The van der Waals surface area contributed by atoms with Crippen molar-refractivity contribution in [2.75, 3.05) is 25.6 Å². The van der Waals surface area contributed by atoms with Gasteiger partial charge >= 0.3 is 0 Å². The average molecular weight is 462 g/mol. The molecule has 7 nitrogen and oxygen atoms in total. The van der Waals surface area contributed by atoms with Crippen LogP contribution in [-0.2, 0) is 10.0 Å². The van der Waals surface area contributed by atoms with E-state index in [2.05, 4.69) is 0 Å². The van der Waals surface area contributed by atoms with Gasteiger partial charge in [0.15, 0.2) is 0 Å². The number of hydrogen-bond donors (Lipinski definition) is 0. The molecule has 0 unspecified atom stereocenters. The Hall–Kier alpha value is -3.23. The first kappa shape index (κ1) is 22.5. The number of anilines is 1. The highest BCUT2D eigenvalue weighted by molar-refractivity contribution is 7.93. The molecule has 9 heteroatoms. The van der Waals surface area contributed by atoms with Gasteiger partial charge in [-0.3, -0.25) is 4.79 Å². The molecule has 0 spiro atoms. The molecule has 1 amide bonds. The first-order valence-electron chi connectivity index (χ1n) is 9.03. The van der Waals surface area contributed by atoms with Crippen molar-refractivity contribution >= 4 is 33.2 Å². The van der Waals surface area contributed by atoms with Gasteiger partial charge in [0.25, 0.3) is 15.9 Å². The molecular formula is C22H20ClNO6S. The minimum atomic E-state index is -4.27. The van der Waals surface area contributed by atoms with E-state index in [9.17, 15) is 13.2 Å². The number of amides is 1. The van der Waals surface area contributed by atoms with E-state index in [0.717, 1.165) is 0 Å². The number of benzene rings is 3. The van der Waals surface area contributed by atoms with E-state index < -0.39 is 15.9 Å². The number of carbonyl (C=O) groups excluding carboxylic acids is 1. The van der Waals surface area contributed by atoms with E-state index >= 15 is 0 Å². The molecule has 0 aliphatic rings. The number of carbonyl (C=O) groups is 1. The molecule has 0 aliphatic heterocycles. The summed E-state index contributed by atoms with van der Waals surface area (Å²) in [6.07, 6.45) is 0. The Balaban J connectivity index is 2.21. The molecule has 0 saturated carbocycles. The van der Waals surface area contributed by atoms with Crippen molar-refractivity contribution in [3.05, 3.63) is 77.3 Å². The normalized spacial score (nSPS) is 11.0. The summed E-state index contributed by atoms with van der Waals surface area (Å²) in [6.45, 7) is 0. The van der Waals surface area contributed by atoms with E-state index in [1.807, 2.05) is 0 Å². The number of nitrogens with zero attached hydrogens (tertiary/aromatic N) is 1. The molecule has 0 atom stereocenters. The molecule has 162 valence electrons. The molecule has 31 heavy (non-hydrogen) atoms. The maximum Gasteiger partial charge on any atom is 0.272 e. The van der Waals surface area contributed by atoms with Gasteiger partial charge in [-0.25, -0.2) is 8.42 Å². The summed E-state index contributed by atoms with van der Waals surface area (Å²) < 4.78 is 43.2. The summed E-state index contributed by atoms with van der Waals surface area (Å²) in [7, 11) is 0.0338. The van der Waals surface area contributed by atoms with Crippen molar-refractivity contribution < 1.29 is 27.4 Å². The van der Waals surface area contributed by atoms with Crippen molar-refractivity contribution in [3.63, 3.8) is 0 Å². The van der Waals surface area contributed by atoms with Gasteiger partial charge in [0, 0.05) is 11.6 Å². The van der Waals surface area contributed by atoms with Gasteiger partial charge in [-0.05, 0) is 42.5 Å². The standard InChI is InChI=1S/C22H20ClNO6S/c1-28-17-11-15(12-18(14-17)29-2)22(25)24(16-9-10-21(30-3)20(23)13-16)31(26,27)19-7-5-4-6-8-19/h4-14H,1-3H3. The average Bonchev–Trinajstić information content (AvgIpc) is 2.79. The summed E-state index contributed by atoms with van der Waals surface area (Å²) in [5.74, 6) is 0.223. The quantitative estimate of drug-likeness (QED) is 0.518. The summed E-state index contributed by atoms with van der Waals surface area (Å²) in [5.41, 5.74) is 0.115. The lowest BCUT2D eigenvalue weighted by molar-refractivity contribution is 0.100. The molecule has 3 rings (SSSR count). The molecule has 0 radical (unpaired) electrons. The number of hydrogen-bond acceptors (Lipinski definition) is 6. The summed E-state index contributed by atoms with van der Waals surface area (Å²) >= 11 is 6.22. The Morgan fingerprint density at radius 2 is 1.45 bits per heavy atom. The van der Waals surface area contributed by atoms with Crippen LogP contribution in [0.3, 0.4) is 0 Å². The van der Waals surface area contributed by atoms with Crippen molar-refractivity contribution in [2.24, 2.45) is 0 Å². The van der Waals surface area contributed by atoms with Gasteiger partial charge < -0.3 is 14.2 Å². The number of rotatable bonds is 7. The van der Waals surface area contributed by atoms with Gasteiger partial charge in [0.05, 0.1) is 36.9 Å². The van der Waals surface area contributed by atoms with Gasteiger partial charge in [0.1, 0.15) is 17.2 Å². The maximum absolute atomic E-state index is 13.5. The third kappa shape index (κ3) is 4.60. The zero-order valence-electron chi connectivity index (χ0n) is 17.0. The monoisotopic (exact) mass is 461 g/mol. The van der Waals surface area contributed by atoms with E-state index in [4.69, 9.17) is 25.8 Å². The molecule has 3 aromatic carbocycles. The molecule has 3 aromatic rings. The molecule has 0 bridgehead atoms. The maximum atomic E-state index is 13.5. The minimum absolute atomic E-state index is 0.0508. The van der Waals surface area contributed by atoms with Crippen LogP contribution in [0.1, 0.15) is 10.4 Å². The fourth-order valence-electron chi connectivity index (χ4n) is 2.89. The zero-order chi connectivity index (χ0) is 22.6. The van der Waals surface area contributed by atoms with Crippen molar-refractivity contribution in [2.45, 2.75) is 4.90 Å². The molecule has 0 aliphatic carbocycles. The number of sulfonamides is 1. The van der Waals surface area contributed by atoms with Crippen molar-refractivity contribution in [1.29, 1.82) is 0 Å². The van der Waals surface area contributed by atoms with Crippen LogP contribution in [-0.4, -0.2) is 35.7 Å². The minimum Gasteiger partial charge on any atom is -0.497 e. The van der Waals surface area contributed by atoms with Gasteiger partial charge in [-0.1, -0.05) is 29.8 Å². The smallest absolute Gasteiger partial charge is 0.272 e. The van der Waals surface area contributed by atoms with Crippen LogP contribution in [0, 0.1) is 0 Å². The molecular weight excluding hydrogens is 442 g/mol. The van der Waals surface area contributed by atoms with Crippen LogP contribution >= 0.6 is 11.6 Å². The van der Waals surface area contributed by atoms with Gasteiger partial charge in [-0.15, -0.1) is 0 Å². The summed E-state index contributed by atoms with van der Waals surface area (Å²) in [4.78, 5) is 13.5. The topological polar surface area (TPSA) is 82.1 Å². The van der Waals surface area contributed by atoms with E-state index in [-0.39, 0.29) is 21.2 Å². The number of methoxy groups -OCH3 is 3. The predicted octanol–water partition coefficient (Wildman–Crippen LogP) is 4.40. The third-order valence-electron chi connectivity index (χ3n) is 4.43. The first-order chi connectivity index (χ1) is 14.8. The van der Waals surface area contributed by atoms with E-state index in [0.29, 0.717) is 21.6 Å². The zero-order valence-corrected chi connectivity index (χ0v) is 18.6. The second-order valence-electron chi connectivity index (χ2n) is 6.31. The third-order valence-corrected chi connectivity index (χ3v) is 6.45. The number of ether oxygens (including phenoxy) is 3. The van der Waals surface area contributed by atoms with Crippen LogP contribution in [0.5, 0.6) is 17.2 Å². The Morgan fingerprint density at radius 3 is 1.97 bits per heavy atom. The Morgan fingerprint density at radius 1 is 0.839 bits per heavy atom. The fraction of sp³-hybridized carbons (Fsp3) is 0.136. The van der Waals surface area contributed by atoms with Crippen LogP contribution < -0.4 is 18.5 Å². The first-order valence-corrected chi connectivity index (χ1v) is 10.8. The molecule has 0 N–H and O–H groups in total. The lowest BCUT2D eigenvalue weighted by Crippen LogP contribution is -2.37. The lowest BCUT2D eigenvalue weighted by Gasteiger charge is -2.23. The fourth-order valence-corrected chi connectivity index (χ4v) is 4.57. The highest BCUT2D eigenvalue weighted by Crippen LogP contribution is 2.34. The predicted molar refractivity (Wildman–Crippen MR) is 118 cm³/mol. The highest BCUT2D eigenvalue weighted by atomic mass is 35.5. The molecule has 0 aromatic heterocycles. The SMILES string of the molecule is COc1cc(OC)cc(C(=O)N(c2ccc(OC)c(Cl)c2)S(=O)(=O)c2ccccc2)c1. The summed E-state index contributed by atoms with van der Waals surface area (Å²) in [6, 6.07) is 16.4. The second kappa shape index (κ2) is 9.28. The Bertz CT molecular complexity index is 1180. The summed E-state index contributed by atoms with van der Waals surface area (Å²) in [5, 5.41) is 0.157. The van der Waals surface area contributed by atoms with Crippen LogP contribution in [0.15, 0.2) is 71.6 Å². The molecule has 0 saturated heterocycles. The second-order valence-corrected chi connectivity index (χ2v) is 8.50. The van der Waals surface area contributed by atoms with Gasteiger partial charge in [-0.2, -0.15) is 4.31 Å². The van der Waals surface area contributed by atoms with Crippen LogP contribution in [0.4, 0.5) is 5.69 Å². The van der Waals surface area contributed by atoms with E-state index in [1.165, 1.54) is 63.8 Å². The van der Waals surface area contributed by atoms with Crippen LogP contribution in [0.2, 0.25) is 5.02 Å². The van der Waals surface area contributed by atoms with Crippen molar-refractivity contribution in [1.82, 2.24) is 0 Å². The molecule has 0 fully saturated rings. The Labute approximate surface area is 185 Å². The Kier molecular flexibility index (Phi) is 6.72. The van der Waals surface area contributed by atoms with E-state index in [1.54, 1.807) is 24.3 Å². The largest absolute Gasteiger partial charge is 0.497 e. The van der Waals surface area contributed by atoms with Crippen molar-refractivity contribution in [3.8, 4) is 17.2 Å². The number of halogens is 1. The van der Waals surface area contributed by atoms with Crippen LogP contribution in [0.25, 0.3) is 0 Å². The highest BCUT2D eigenvalue weighted by Gasteiger charge is 2.33. The van der Waals surface area contributed by atoms with Gasteiger partial charge in [0.2, 0.25) is 0 Å². The molecule has 0 heterocycles.